The maximum Gasteiger partial charge on any atom is 0.142 e. The lowest BCUT2D eigenvalue weighted by atomic mass is 9.86. The van der Waals surface area contributed by atoms with Crippen molar-refractivity contribution in [3.8, 4) is 5.75 Å². The number of hydrogen-bond acceptors (Lipinski definition) is 5. The lowest BCUT2D eigenvalue weighted by Gasteiger charge is -2.34. The molecule has 190 valence electrons. The van der Waals surface area contributed by atoms with Crippen molar-refractivity contribution in [3.63, 3.8) is 0 Å². The molecule has 5 heteroatoms. The van der Waals surface area contributed by atoms with Crippen LogP contribution in [0.25, 0.3) is 0 Å². The van der Waals surface area contributed by atoms with Crippen LogP contribution in [-0.2, 0) is 26.2 Å². The molecule has 0 N–H and O–H groups in total. The number of benzene rings is 1. The third kappa shape index (κ3) is 9.94. The third-order valence-electron chi connectivity index (χ3n) is 6.38. The molecule has 1 aliphatic rings. The van der Waals surface area contributed by atoms with Crippen molar-refractivity contribution in [1.82, 2.24) is 4.90 Å². The SMILES string of the molecule is CCC(C)COCC(C)COCC(C)COCC(C)N1COc2ccc(C(C)(C)C)cc2C1. The van der Waals surface area contributed by atoms with E-state index < -0.39 is 0 Å². The van der Waals surface area contributed by atoms with Crippen molar-refractivity contribution in [2.75, 3.05) is 46.4 Å². The molecule has 4 unspecified atom stereocenters. The van der Waals surface area contributed by atoms with Crippen molar-refractivity contribution in [2.45, 2.75) is 79.8 Å². The standard InChI is InChI=1S/C28H49NO4/c1-9-21(2)14-30-15-22(3)16-31-17-23(4)18-32-19-24(5)29-13-25-12-26(28(6,7)8)10-11-27(25)33-20-29/h10-12,21-24H,9,13-20H2,1-8H3. The molecule has 0 amide bonds. The van der Waals surface area contributed by atoms with Crippen LogP contribution in [0.15, 0.2) is 18.2 Å². The van der Waals surface area contributed by atoms with Crippen molar-refractivity contribution in [1.29, 1.82) is 0 Å². The number of hydrogen-bond donors (Lipinski definition) is 0. The average molecular weight is 464 g/mol. The van der Waals surface area contributed by atoms with E-state index in [1.54, 1.807) is 0 Å². The Kier molecular flexibility index (Phi) is 11.6. The van der Waals surface area contributed by atoms with Crippen LogP contribution in [0.1, 0.15) is 72.9 Å². The Morgan fingerprint density at radius 2 is 1.39 bits per heavy atom. The molecule has 0 bridgehead atoms. The minimum atomic E-state index is 0.142. The average Bonchev–Trinajstić information content (AvgIpc) is 2.77. The second-order valence-corrected chi connectivity index (χ2v) is 11.3. The largest absolute Gasteiger partial charge is 0.478 e. The van der Waals surface area contributed by atoms with Gasteiger partial charge in [-0.3, -0.25) is 4.90 Å². The fourth-order valence-corrected chi connectivity index (χ4v) is 3.71. The molecule has 4 atom stereocenters. The van der Waals surface area contributed by atoms with E-state index in [2.05, 4.69) is 78.5 Å². The van der Waals surface area contributed by atoms with Crippen LogP contribution in [-0.4, -0.2) is 57.3 Å². The first-order valence-corrected chi connectivity index (χ1v) is 12.8. The molecule has 1 aliphatic heterocycles. The van der Waals surface area contributed by atoms with Gasteiger partial charge in [0, 0.05) is 36.6 Å². The molecule has 0 fully saturated rings. The van der Waals surface area contributed by atoms with E-state index in [1.807, 2.05) is 0 Å². The van der Waals surface area contributed by atoms with Gasteiger partial charge < -0.3 is 18.9 Å². The van der Waals surface area contributed by atoms with E-state index >= 15 is 0 Å². The van der Waals surface area contributed by atoms with Gasteiger partial charge in [-0.05, 0) is 29.9 Å². The van der Waals surface area contributed by atoms with Gasteiger partial charge in [0.25, 0.3) is 0 Å². The summed E-state index contributed by atoms with van der Waals surface area (Å²) >= 11 is 0. The van der Waals surface area contributed by atoms with Crippen molar-refractivity contribution < 1.29 is 18.9 Å². The summed E-state index contributed by atoms with van der Waals surface area (Å²) in [6.07, 6.45) is 1.16. The highest BCUT2D eigenvalue weighted by atomic mass is 16.5. The molecule has 0 radical (unpaired) electrons. The Hall–Kier alpha value is -1.14. The highest BCUT2D eigenvalue weighted by molar-refractivity contribution is 5.40. The molecule has 33 heavy (non-hydrogen) atoms. The molecule has 1 aromatic rings. The van der Waals surface area contributed by atoms with E-state index in [0.717, 1.165) is 45.1 Å². The maximum atomic E-state index is 6.04. The van der Waals surface area contributed by atoms with Crippen LogP contribution in [0, 0.1) is 17.8 Å². The molecule has 5 nitrogen and oxygen atoms in total. The van der Waals surface area contributed by atoms with Gasteiger partial charge in [-0.15, -0.1) is 0 Å². The summed E-state index contributed by atoms with van der Waals surface area (Å²) in [6, 6.07) is 6.90. The second-order valence-electron chi connectivity index (χ2n) is 11.3. The smallest absolute Gasteiger partial charge is 0.142 e. The number of nitrogens with zero attached hydrogens (tertiary/aromatic N) is 1. The summed E-state index contributed by atoms with van der Waals surface area (Å²) in [5.41, 5.74) is 2.76. The summed E-state index contributed by atoms with van der Waals surface area (Å²) in [4.78, 5) is 2.34. The highest BCUT2D eigenvalue weighted by Gasteiger charge is 2.24. The Balaban J connectivity index is 1.63. The fraction of sp³-hybridized carbons (Fsp3) is 0.786. The van der Waals surface area contributed by atoms with Crippen molar-refractivity contribution in [3.05, 3.63) is 29.3 Å². The van der Waals surface area contributed by atoms with Crippen LogP contribution < -0.4 is 4.74 Å². The zero-order chi connectivity index (χ0) is 24.4. The molecule has 0 spiro atoms. The molecule has 0 saturated heterocycles. The lowest BCUT2D eigenvalue weighted by molar-refractivity contribution is -0.0137. The van der Waals surface area contributed by atoms with Crippen LogP contribution in [0.3, 0.4) is 0 Å². The van der Waals surface area contributed by atoms with E-state index in [-0.39, 0.29) is 5.41 Å². The topological polar surface area (TPSA) is 40.2 Å². The lowest BCUT2D eigenvalue weighted by Crippen LogP contribution is -2.41. The molecular formula is C28H49NO4. The molecule has 0 saturated carbocycles. The molecular weight excluding hydrogens is 414 g/mol. The Labute approximate surface area is 203 Å². The number of ether oxygens (including phenoxy) is 4. The van der Waals surface area contributed by atoms with Gasteiger partial charge >= 0.3 is 0 Å². The normalized spacial score (nSPS) is 18.3. The third-order valence-corrected chi connectivity index (χ3v) is 6.38. The monoisotopic (exact) mass is 463 g/mol. The zero-order valence-corrected chi connectivity index (χ0v) is 22.5. The van der Waals surface area contributed by atoms with Crippen molar-refractivity contribution in [2.24, 2.45) is 17.8 Å². The molecule has 0 aromatic heterocycles. The van der Waals surface area contributed by atoms with Gasteiger partial charge in [0.15, 0.2) is 0 Å². The zero-order valence-electron chi connectivity index (χ0n) is 22.5. The van der Waals surface area contributed by atoms with E-state index in [9.17, 15) is 0 Å². The summed E-state index contributed by atoms with van der Waals surface area (Å²) in [5, 5.41) is 0. The first kappa shape index (κ1) is 28.1. The highest BCUT2D eigenvalue weighted by Crippen LogP contribution is 2.31. The first-order chi connectivity index (χ1) is 15.6. The van der Waals surface area contributed by atoms with Gasteiger partial charge in [0.1, 0.15) is 12.5 Å². The van der Waals surface area contributed by atoms with Crippen LogP contribution in [0.2, 0.25) is 0 Å². The maximum absolute atomic E-state index is 6.04. The minimum absolute atomic E-state index is 0.142. The van der Waals surface area contributed by atoms with E-state index in [1.165, 1.54) is 11.1 Å². The quantitative estimate of drug-likeness (QED) is 0.344. The predicted molar refractivity (Wildman–Crippen MR) is 136 cm³/mol. The fourth-order valence-electron chi connectivity index (χ4n) is 3.71. The Bertz CT molecular complexity index is 687. The summed E-state index contributed by atoms with van der Waals surface area (Å²) in [6.45, 7) is 23.8. The van der Waals surface area contributed by atoms with Crippen LogP contribution in [0.5, 0.6) is 5.75 Å². The Morgan fingerprint density at radius 3 is 1.94 bits per heavy atom. The van der Waals surface area contributed by atoms with E-state index in [0.29, 0.717) is 43.7 Å². The Morgan fingerprint density at radius 1 is 0.848 bits per heavy atom. The predicted octanol–water partition coefficient (Wildman–Crippen LogP) is 5.89. The van der Waals surface area contributed by atoms with Crippen LogP contribution >= 0.6 is 0 Å². The molecule has 0 aliphatic carbocycles. The van der Waals surface area contributed by atoms with Gasteiger partial charge in [0.05, 0.1) is 33.0 Å². The summed E-state index contributed by atoms with van der Waals surface area (Å²) < 4.78 is 23.7. The van der Waals surface area contributed by atoms with Gasteiger partial charge in [-0.1, -0.05) is 67.0 Å². The first-order valence-electron chi connectivity index (χ1n) is 12.8. The minimum Gasteiger partial charge on any atom is -0.478 e. The number of fused-ring (bicyclic) bond motifs is 1. The van der Waals surface area contributed by atoms with E-state index in [4.69, 9.17) is 18.9 Å². The van der Waals surface area contributed by atoms with Gasteiger partial charge in [-0.2, -0.15) is 0 Å². The van der Waals surface area contributed by atoms with Crippen molar-refractivity contribution >= 4 is 0 Å². The second kappa shape index (κ2) is 13.7. The summed E-state index contributed by atoms with van der Waals surface area (Å²) in [5.74, 6) is 2.43. The number of rotatable bonds is 14. The molecule has 1 aromatic carbocycles. The van der Waals surface area contributed by atoms with Gasteiger partial charge in [0.2, 0.25) is 0 Å². The molecule has 1 heterocycles. The van der Waals surface area contributed by atoms with Crippen LogP contribution in [0.4, 0.5) is 0 Å². The summed E-state index contributed by atoms with van der Waals surface area (Å²) in [7, 11) is 0. The molecule has 2 rings (SSSR count). The van der Waals surface area contributed by atoms with Gasteiger partial charge in [-0.25, -0.2) is 0 Å².